The third-order valence-corrected chi connectivity index (χ3v) is 5.94. The van der Waals surface area contributed by atoms with Crippen LogP contribution in [0.2, 0.25) is 0 Å². The summed E-state index contributed by atoms with van der Waals surface area (Å²) in [6.07, 6.45) is 1.85. The molecule has 0 spiro atoms. The molecule has 6 heteroatoms. The van der Waals surface area contributed by atoms with Gasteiger partial charge in [0.25, 0.3) is 5.91 Å². The standard InChI is InChI=1S/C19H16BrNO2S2/c1-11-4-6-14(8-12(11)2)21-18(22)17(25-19(21)24)10-13-5-7-16(23-3)15(20)9-13/h4-10H,1-3H3/b17-10+. The summed E-state index contributed by atoms with van der Waals surface area (Å²) in [6.45, 7) is 4.08. The number of nitrogens with zero attached hydrogens (tertiary/aromatic N) is 1. The number of ether oxygens (including phenoxy) is 1. The molecule has 0 aromatic heterocycles. The molecule has 0 N–H and O–H groups in total. The molecule has 2 aromatic carbocycles. The number of hydrogen-bond donors (Lipinski definition) is 0. The minimum atomic E-state index is -0.0924. The van der Waals surface area contributed by atoms with Crippen molar-refractivity contribution < 1.29 is 9.53 Å². The van der Waals surface area contributed by atoms with Gasteiger partial charge in [-0.2, -0.15) is 0 Å². The molecule has 3 rings (SSSR count). The van der Waals surface area contributed by atoms with Gasteiger partial charge in [0.1, 0.15) is 5.75 Å². The number of carbonyl (C=O) groups is 1. The summed E-state index contributed by atoms with van der Waals surface area (Å²) >= 11 is 10.2. The molecule has 0 aliphatic carbocycles. The zero-order chi connectivity index (χ0) is 18.1. The Hall–Kier alpha value is -1.63. The van der Waals surface area contributed by atoms with E-state index >= 15 is 0 Å². The molecule has 3 nitrogen and oxygen atoms in total. The van der Waals surface area contributed by atoms with E-state index in [1.807, 2.05) is 56.3 Å². The van der Waals surface area contributed by atoms with Crippen LogP contribution in [0.3, 0.4) is 0 Å². The third-order valence-electron chi connectivity index (χ3n) is 4.02. The van der Waals surface area contributed by atoms with E-state index in [0.717, 1.165) is 27.0 Å². The van der Waals surface area contributed by atoms with Crippen LogP contribution >= 0.6 is 39.9 Å². The van der Waals surface area contributed by atoms with Crippen molar-refractivity contribution in [3.63, 3.8) is 0 Å². The van der Waals surface area contributed by atoms with Crippen LogP contribution in [0.15, 0.2) is 45.8 Å². The van der Waals surface area contributed by atoms with Gasteiger partial charge in [-0.15, -0.1) is 0 Å². The summed E-state index contributed by atoms with van der Waals surface area (Å²) in [6, 6.07) is 11.6. The van der Waals surface area contributed by atoms with Crippen molar-refractivity contribution >= 4 is 61.9 Å². The van der Waals surface area contributed by atoms with E-state index in [2.05, 4.69) is 15.9 Å². The van der Waals surface area contributed by atoms with Gasteiger partial charge in [0.2, 0.25) is 0 Å². The predicted octanol–water partition coefficient (Wildman–Crippen LogP) is 5.48. The van der Waals surface area contributed by atoms with Gasteiger partial charge in [0, 0.05) is 0 Å². The van der Waals surface area contributed by atoms with E-state index in [-0.39, 0.29) is 5.91 Å². The molecule has 0 unspecified atom stereocenters. The van der Waals surface area contributed by atoms with Gasteiger partial charge in [0.15, 0.2) is 4.32 Å². The number of amides is 1. The molecule has 0 bridgehead atoms. The van der Waals surface area contributed by atoms with Crippen molar-refractivity contribution in [1.82, 2.24) is 0 Å². The molecule has 128 valence electrons. The molecule has 1 amide bonds. The second-order valence-corrected chi connectivity index (χ2v) is 8.21. The highest BCUT2D eigenvalue weighted by Gasteiger charge is 2.33. The SMILES string of the molecule is COc1ccc(/C=C2/SC(=S)N(c3ccc(C)c(C)c3)C2=O)cc1Br. The summed E-state index contributed by atoms with van der Waals surface area (Å²) in [4.78, 5) is 15.0. The Morgan fingerprint density at radius 2 is 1.92 bits per heavy atom. The van der Waals surface area contributed by atoms with Crippen molar-refractivity contribution in [2.45, 2.75) is 13.8 Å². The Morgan fingerprint density at radius 3 is 2.56 bits per heavy atom. The average molecular weight is 434 g/mol. The van der Waals surface area contributed by atoms with Crippen molar-refractivity contribution in [2.24, 2.45) is 0 Å². The molecule has 0 radical (unpaired) electrons. The topological polar surface area (TPSA) is 29.5 Å². The van der Waals surface area contributed by atoms with Gasteiger partial charge in [-0.1, -0.05) is 36.1 Å². The van der Waals surface area contributed by atoms with Crippen molar-refractivity contribution in [1.29, 1.82) is 0 Å². The number of hydrogen-bond acceptors (Lipinski definition) is 4. The summed E-state index contributed by atoms with van der Waals surface area (Å²) in [5.74, 6) is 0.657. The zero-order valence-electron chi connectivity index (χ0n) is 14.0. The van der Waals surface area contributed by atoms with Crippen molar-refractivity contribution in [3.8, 4) is 5.75 Å². The fraction of sp³-hybridized carbons (Fsp3) is 0.158. The number of thioether (sulfide) groups is 1. The summed E-state index contributed by atoms with van der Waals surface area (Å²) in [5, 5.41) is 0. The van der Waals surface area contributed by atoms with Crippen LogP contribution in [-0.4, -0.2) is 17.3 Å². The normalized spacial score (nSPS) is 16.0. The first-order valence-corrected chi connectivity index (χ1v) is 9.61. The maximum absolute atomic E-state index is 12.8. The molecule has 1 heterocycles. The van der Waals surface area contributed by atoms with Crippen LogP contribution in [0.4, 0.5) is 5.69 Å². The van der Waals surface area contributed by atoms with Crippen molar-refractivity contribution in [3.05, 3.63) is 62.5 Å². The molecular formula is C19H16BrNO2S2. The van der Waals surface area contributed by atoms with Gasteiger partial charge in [-0.25, -0.2) is 0 Å². The molecule has 0 atom stereocenters. The largest absolute Gasteiger partial charge is 0.496 e. The maximum atomic E-state index is 12.8. The highest BCUT2D eigenvalue weighted by molar-refractivity contribution is 9.10. The molecule has 25 heavy (non-hydrogen) atoms. The van der Waals surface area contributed by atoms with E-state index in [1.165, 1.54) is 17.3 Å². The van der Waals surface area contributed by atoms with E-state index in [9.17, 15) is 4.79 Å². The second kappa shape index (κ2) is 7.32. The molecule has 0 saturated carbocycles. The molecule has 1 saturated heterocycles. The first-order chi connectivity index (χ1) is 11.9. The van der Waals surface area contributed by atoms with Gasteiger partial charge in [-0.05, 0) is 76.8 Å². The Labute approximate surface area is 165 Å². The monoisotopic (exact) mass is 433 g/mol. The maximum Gasteiger partial charge on any atom is 0.270 e. The number of carbonyl (C=O) groups excluding carboxylic acids is 1. The first kappa shape index (κ1) is 18.2. The number of aryl methyl sites for hydroxylation is 2. The lowest BCUT2D eigenvalue weighted by atomic mass is 10.1. The summed E-state index contributed by atoms with van der Waals surface area (Å²) in [7, 11) is 1.62. The van der Waals surface area contributed by atoms with Gasteiger partial charge in [0.05, 0.1) is 22.2 Å². The van der Waals surface area contributed by atoms with Crippen LogP contribution in [0, 0.1) is 13.8 Å². The Morgan fingerprint density at radius 1 is 1.16 bits per heavy atom. The minimum absolute atomic E-state index is 0.0924. The van der Waals surface area contributed by atoms with Crippen LogP contribution in [0.25, 0.3) is 6.08 Å². The second-order valence-electron chi connectivity index (χ2n) is 5.68. The molecule has 2 aromatic rings. The fourth-order valence-corrected chi connectivity index (χ4v) is 4.34. The van der Waals surface area contributed by atoms with Crippen LogP contribution in [-0.2, 0) is 4.79 Å². The van der Waals surface area contributed by atoms with E-state index in [4.69, 9.17) is 17.0 Å². The number of benzene rings is 2. The van der Waals surface area contributed by atoms with Crippen LogP contribution < -0.4 is 9.64 Å². The Balaban J connectivity index is 1.92. The predicted molar refractivity (Wildman–Crippen MR) is 112 cm³/mol. The quantitative estimate of drug-likeness (QED) is 0.473. The van der Waals surface area contributed by atoms with E-state index in [0.29, 0.717) is 9.23 Å². The fourth-order valence-electron chi connectivity index (χ4n) is 2.48. The van der Waals surface area contributed by atoms with Crippen LogP contribution in [0.5, 0.6) is 5.75 Å². The van der Waals surface area contributed by atoms with E-state index in [1.54, 1.807) is 12.0 Å². The Bertz CT molecular complexity index is 908. The molecular weight excluding hydrogens is 418 g/mol. The van der Waals surface area contributed by atoms with Gasteiger partial charge < -0.3 is 4.74 Å². The highest BCUT2D eigenvalue weighted by Crippen LogP contribution is 2.37. The highest BCUT2D eigenvalue weighted by atomic mass is 79.9. The molecule has 1 fully saturated rings. The lowest BCUT2D eigenvalue weighted by Gasteiger charge is -2.15. The molecule has 1 aliphatic heterocycles. The summed E-state index contributed by atoms with van der Waals surface area (Å²) < 4.78 is 6.62. The van der Waals surface area contributed by atoms with Gasteiger partial charge >= 0.3 is 0 Å². The first-order valence-electron chi connectivity index (χ1n) is 7.59. The number of rotatable bonds is 3. The number of anilines is 1. The Kier molecular flexibility index (Phi) is 5.32. The smallest absolute Gasteiger partial charge is 0.270 e. The van der Waals surface area contributed by atoms with E-state index < -0.39 is 0 Å². The number of methoxy groups -OCH3 is 1. The van der Waals surface area contributed by atoms with Crippen molar-refractivity contribution in [2.75, 3.05) is 12.0 Å². The lowest BCUT2D eigenvalue weighted by molar-refractivity contribution is -0.113. The van der Waals surface area contributed by atoms with Crippen LogP contribution in [0.1, 0.15) is 16.7 Å². The molecule has 1 aliphatic rings. The average Bonchev–Trinajstić information content (AvgIpc) is 2.84. The number of halogens is 1. The van der Waals surface area contributed by atoms with Gasteiger partial charge in [-0.3, -0.25) is 9.69 Å². The summed E-state index contributed by atoms with van der Waals surface area (Å²) in [5.41, 5.74) is 4.04. The minimum Gasteiger partial charge on any atom is -0.496 e. The lowest BCUT2D eigenvalue weighted by Crippen LogP contribution is -2.27. The zero-order valence-corrected chi connectivity index (χ0v) is 17.2. The number of thiocarbonyl (C=S) groups is 1. The third kappa shape index (κ3) is 3.66.